The number of nitrogens with zero attached hydrogens (tertiary/aromatic N) is 3. The summed E-state index contributed by atoms with van der Waals surface area (Å²) >= 11 is 1.08. The average molecular weight is 494 g/mol. The number of para-hydroxylation sites is 1. The van der Waals surface area contributed by atoms with Gasteiger partial charge in [-0.05, 0) is 30.3 Å². The number of thiazole rings is 1. The number of carbonyl (C=O) groups is 1. The fraction of sp³-hybridized carbons (Fsp3) is 0.0370. The van der Waals surface area contributed by atoms with Gasteiger partial charge in [0.05, 0.1) is 34.9 Å². The zero-order chi connectivity index (χ0) is 24.9. The molecule has 3 aromatic heterocycles. The van der Waals surface area contributed by atoms with E-state index >= 15 is 0 Å². The van der Waals surface area contributed by atoms with Crippen LogP contribution in [0, 0.1) is 11.3 Å². The first kappa shape index (κ1) is 22.8. The van der Waals surface area contributed by atoms with Crippen molar-refractivity contribution in [3.05, 3.63) is 116 Å². The van der Waals surface area contributed by atoms with Gasteiger partial charge < -0.3 is 9.73 Å². The molecule has 0 radical (unpaired) electrons. The summed E-state index contributed by atoms with van der Waals surface area (Å²) in [7, 11) is 0. The maximum Gasteiger partial charge on any atom is 0.273 e. The van der Waals surface area contributed by atoms with Crippen LogP contribution in [0.3, 0.4) is 0 Å². The van der Waals surface area contributed by atoms with E-state index in [4.69, 9.17) is 4.42 Å². The highest BCUT2D eigenvalue weighted by atomic mass is 32.1. The van der Waals surface area contributed by atoms with Crippen molar-refractivity contribution in [1.82, 2.24) is 20.1 Å². The third-order valence-electron chi connectivity index (χ3n) is 5.41. The first-order valence-electron chi connectivity index (χ1n) is 11.0. The van der Waals surface area contributed by atoms with Crippen LogP contribution < -0.4 is 20.1 Å². The van der Waals surface area contributed by atoms with Crippen LogP contribution in [0.25, 0.3) is 28.6 Å². The Morgan fingerprint density at radius 2 is 1.86 bits per heavy atom. The standard InChI is InChI=1S/C27H19N5O3S/c28-15-22(25(33)29-17-21-12-7-13-35-21)27-32(20-10-5-2-6-11-20)26(34)23(36-27)14-19-16-30-31-24(19)18-8-3-1-4-9-18/h1-14,16H,17H2,(H,29,33)(H,30,31)/b23-14-,27-22-. The zero-order valence-corrected chi connectivity index (χ0v) is 19.7. The first-order chi connectivity index (χ1) is 17.7. The number of rotatable bonds is 6. The highest BCUT2D eigenvalue weighted by Crippen LogP contribution is 2.21. The Labute approximate surface area is 209 Å². The maximum absolute atomic E-state index is 13.6. The van der Waals surface area contributed by atoms with Gasteiger partial charge in [-0.15, -0.1) is 11.3 Å². The molecule has 8 nitrogen and oxygen atoms in total. The van der Waals surface area contributed by atoms with Crippen LogP contribution in [0.1, 0.15) is 11.3 Å². The number of hydrogen-bond acceptors (Lipinski definition) is 6. The number of aromatic amines is 1. The number of hydrogen-bond donors (Lipinski definition) is 2. The van der Waals surface area contributed by atoms with Crippen molar-refractivity contribution in [3.63, 3.8) is 0 Å². The summed E-state index contributed by atoms with van der Waals surface area (Å²) in [5.74, 6) is -0.0469. The fourth-order valence-electron chi connectivity index (χ4n) is 3.71. The smallest absolute Gasteiger partial charge is 0.273 e. The largest absolute Gasteiger partial charge is 0.467 e. The van der Waals surface area contributed by atoms with Gasteiger partial charge in [-0.25, -0.2) is 0 Å². The molecule has 0 atom stereocenters. The van der Waals surface area contributed by atoms with E-state index in [2.05, 4.69) is 15.5 Å². The third kappa shape index (κ3) is 4.53. The minimum absolute atomic E-state index is 0.117. The van der Waals surface area contributed by atoms with E-state index in [-0.39, 0.29) is 22.3 Å². The highest BCUT2D eigenvalue weighted by Gasteiger charge is 2.17. The molecule has 2 aromatic carbocycles. The summed E-state index contributed by atoms with van der Waals surface area (Å²) in [4.78, 5) is 26.6. The van der Waals surface area contributed by atoms with Gasteiger partial charge in [0.1, 0.15) is 16.5 Å². The van der Waals surface area contributed by atoms with Crippen LogP contribution in [-0.4, -0.2) is 20.7 Å². The number of nitriles is 1. The lowest BCUT2D eigenvalue weighted by Gasteiger charge is -2.04. The number of aromatic nitrogens is 3. The van der Waals surface area contributed by atoms with Gasteiger partial charge in [0.15, 0.2) is 5.57 Å². The van der Waals surface area contributed by atoms with Crippen molar-refractivity contribution >= 4 is 28.9 Å². The molecule has 0 fully saturated rings. The number of benzene rings is 2. The van der Waals surface area contributed by atoms with Crippen molar-refractivity contribution in [1.29, 1.82) is 5.26 Å². The molecule has 5 aromatic rings. The summed E-state index contributed by atoms with van der Waals surface area (Å²) in [6.45, 7) is 0.117. The second-order valence-corrected chi connectivity index (χ2v) is 8.74. The maximum atomic E-state index is 13.6. The van der Waals surface area contributed by atoms with Crippen LogP contribution in [-0.2, 0) is 11.3 Å². The summed E-state index contributed by atoms with van der Waals surface area (Å²) in [6, 6.07) is 24.0. The molecule has 0 spiro atoms. The topological polar surface area (TPSA) is 117 Å². The second-order valence-electron chi connectivity index (χ2n) is 7.71. The molecular formula is C27H19N5O3S. The van der Waals surface area contributed by atoms with Gasteiger partial charge in [-0.3, -0.25) is 19.3 Å². The summed E-state index contributed by atoms with van der Waals surface area (Å²) in [5, 5.41) is 19.7. The third-order valence-corrected chi connectivity index (χ3v) is 6.50. The molecule has 9 heteroatoms. The monoisotopic (exact) mass is 493 g/mol. The molecule has 2 N–H and O–H groups in total. The van der Waals surface area contributed by atoms with Gasteiger partial charge in [0.2, 0.25) is 0 Å². The Morgan fingerprint density at radius 3 is 2.56 bits per heavy atom. The van der Waals surface area contributed by atoms with Gasteiger partial charge >= 0.3 is 0 Å². The van der Waals surface area contributed by atoms with Gasteiger partial charge in [-0.2, -0.15) is 10.4 Å². The normalized spacial score (nSPS) is 12.2. The lowest BCUT2D eigenvalue weighted by Crippen LogP contribution is -2.33. The number of furan rings is 1. The summed E-state index contributed by atoms with van der Waals surface area (Å²) < 4.78 is 7.24. The predicted octanol–water partition coefficient (Wildman–Crippen LogP) is 2.70. The van der Waals surface area contributed by atoms with E-state index in [9.17, 15) is 14.9 Å². The van der Waals surface area contributed by atoms with E-state index in [0.717, 1.165) is 22.6 Å². The minimum Gasteiger partial charge on any atom is -0.467 e. The summed E-state index contributed by atoms with van der Waals surface area (Å²) in [5.41, 5.74) is 2.44. The van der Waals surface area contributed by atoms with E-state index < -0.39 is 5.91 Å². The van der Waals surface area contributed by atoms with E-state index in [1.54, 1.807) is 48.7 Å². The molecule has 0 aliphatic heterocycles. The molecule has 1 amide bonds. The molecule has 0 aliphatic carbocycles. The van der Waals surface area contributed by atoms with Crippen LogP contribution in [0.2, 0.25) is 0 Å². The Morgan fingerprint density at radius 1 is 1.11 bits per heavy atom. The molecule has 0 saturated heterocycles. The lowest BCUT2D eigenvalue weighted by molar-refractivity contribution is -0.115. The molecule has 0 unspecified atom stereocenters. The predicted molar refractivity (Wildman–Crippen MR) is 136 cm³/mol. The Kier molecular flexibility index (Phi) is 6.42. The van der Waals surface area contributed by atoms with Crippen LogP contribution >= 0.6 is 11.3 Å². The molecule has 0 bridgehead atoms. The van der Waals surface area contributed by atoms with Crippen molar-refractivity contribution in [2.45, 2.75) is 6.54 Å². The van der Waals surface area contributed by atoms with Crippen molar-refractivity contribution < 1.29 is 9.21 Å². The quantitative estimate of drug-likeness (QED) is 0.377. The van der Waals surface area contributed by atoms with Gasteiger partial charge in [-0.1, -0.05) is 48.5 Å². The molecular weight excluding hydrogens is 474 g/mol. The fourth-order valence-corrected chi connectivity index (χ4v) is 4.80. The van der Waals surface area contributed by atoms with Crippen LogP contribution in [0.5, 0.6) is 0 Å². The second kappa shape index (κ2) is 10.1. The lowest BCUT2D eigenvalue weighted by atomic mass is 10.1. The number of amides is 1. The molecule has 5 rings (SSSR count). The molecule has 0 saturated carbocycles. The van der Waals surface area contributed by atoms with Crippen LogP contribution in [0.15, 0.2) is 94.5 Å². The molecule has 176 valence electrons. The van der Waals surface area contributed by atoms with Gasteiger partial charge in [0.25, 0.3) is 11.5 Å². The Bertz CT molecular complexity index is 1720. The molecule has 36 heavy (non-hydrogen) atoms. The average Bonchev–Trinajstić information content (AvgIpc) is 3.66. The molecule has 0 aliphatic rings. The van der Waals surface area contributed by atoms with E-state index in [0.29, 0.717) is 21.5 Å². The minimum atomic E-state index is -0.598. The molecule has 3 heterocycles. The highest BCUT2D eigenvalue weighted by molar-refractivity contribution is 7.07. The van der Waals surface area contributed by atoms with E-state index in [1.165, 1.54) is 10.8 Å². The summed E-state index contributed by atoms with van der Waals surface area (Å²) in [6.07, 6.45) is 4.86. The van der Waals surface area contributed by atoms with Gasteiger partial charge in [0, 0.05) is 11.1 Å². The van der Waals surface area contributed by atoms with E-state index in [1.807, 2.05) is 42.5 Å². The Hall–Kier alpha value is -4.94. The number of nitrogens with one attached hydrogen (secondary N) is 2. The first-order valence-corrected chi connectivity index (χ1v) is 11.8. The van der Waals surface area contributed by atoms with Crippen LogP contribution in [0.4, 0.5) is 0 Å². The number of H-pyrrole nitrogens is 1. The van der Waals surface area contributed by atoms with Crippen molar-refractivity contribution in [3.8, 4) is 23.0 Å². The SMILES string of the molecule is N#C/C(C(=O)NCc1ccco1)=c1/s/c(=C\c2cn[nH]c2-c2ccccc2)c(=O)n1-c1ccccc1. The van der Waals surface area contributed by atoms with Crippen molar-refractivity contribution in [2.24, 2.45) is 0 Å². The van der Waals surface area contributed by atoms with Crippen molar-refractivity contribution in [2.75, 3.05) is 0 Å². The zero-order valence-electron chi connectivity index (χ0n) is 18.8. The number of carbonyl (C=O) groups excluding carboxylic acids is 1. The Balaban J connectivity index is 1.68.